The molecule has 0 heterocycles. The number of ether oxygens (including phenoxy) is 2. The van der Waals surface area contributed by atoms with E-state index < -0.39 is 17.8 Å². The predicted octanol–water partition coefficient (Wildman–Crippen LogP) is 4.71. The molecule has 0 saturated carbocycles. The maximum atomic E-state index is 14.6. The summed E-state index contributed by atoms with van der Waals surface area (Å²) < 4.78 is 24.8. The third-order valence-electron chi connectivity index (χ3n) is 3.79. The van der Waals surface area contributed by atoms with Crippen LogP contribution in [0, 0.1) is 5.82 Å². The van der Waals surface area contributed by atoms with Crippen molar-refractivity contribution < 1.29 is 23.5 Å². The van der Waals surface area contributed by atoms with Gasteiger partial charge in [-0.05, 0) is 59.5 Å². The fourth-order valence-corrected chi connectivity index (χ4v) is 2.55. The number of rotatable bonds is 4. The molecule has 130 valence electrons. The minimum absolute atomic E-state index is 0.236. The van der Waals surface area contributed by atoms with Crippen LogP contribution in [0.4, 0.5) is 4.39 Å². The van der Waals surface area contributed by atoms with Crippen LogP contribution in [0.25, 0.3) is 21.5 Å². The van der Waals surface area contributed by atoms with Crippen LogP contribution in [0.15, 0.2) is 67.3 Å². The number of fused-ring (bicyclic) bond motifs is 3. The van der Waals surface area contributed by atoms with Crippen molar-refractivity contribution >= 4 is 33.5 Å². The van der Waals surface area contributed by atoms with Gasteiger partial charge in [0.2, 0.25) is 0 Å². The molecule has 0 bridgehead atoms. The lowest BCUT2D eigenvalue weighted by atomic mass is 10.0. The van der Waals surface area contributed by atoms with Gasteiger partial charge in [0.1, 0.15) is 17.3 Å². The fraction of sp³-hybridized carbons (Fsp3) is 0.0476. The van der Waals surface area contributed by atoms with Crippen molar-refractivity contribution in [1.82, 2.24) is 0 Å². The normalized spacial score (nSPS) is 10.5. The number of hydrogen-bond donors (Lipinski definition) is 0. The van der Waals surface area contributed by atoms with E-state index in [1.807, 2.05) is 0 Å². The summed E-state index contributed by atoms with van der Waals surface area (Å²) in [7, 11) is 0. The minimum Gasteiger partial charge on any atom is -0.423 e. The first-order valence-electron chi connectivity index (χ1n) is 7.77. The van der Waals surface area contributed by atoms with E-state index in [0.717, 1.165) is 11.5 Å². The van der Waals surface area contributed by atoms with Gasteiger partial charge in [-0.1, -0.05) is 19.2 Å². The number of hydrogen-bond acceptors (Lipinski definition) is 4. The molecule has 0 aliphatic heterocycles. The SMILES string of the molecule is C=CC(=O)Oc1ccc2c(c1)cc(F)c1cc(OC(=O)C(=C)C)ccc12. The Morgan fingerprint density at radius 1 is 0.962 bits per heavy atom. The van der Waals surface area contributed by atoms with Gasteiger partial charge in [0.15, 0.2) is 0 Å². The van der Waals surface area contributed by atoms with Gasteiger partial charge in [-0.15, -0.1) is 0 Å². The summed E-state index contributed by atoms with van der Waals surface area (Å²) in [6, 6.07) is 11.0. The van der Waals surface area contributed by atoms with Gasteiger partial charge in [0.05, 0.1) is 0 Å². The molecule has 0 aromatic heterocycles. The molecule has 0 radical (unpaired) electrons. The monoisotopic (exact) mass is 350 g/mol. The van der Waals surface area contributed by atoms with Crippen LogP contribution in [-0.4, -0.2) is 11.9 Å². The summed E-state index contributed by atoms with van der Waals surface area (Å²) >= 11 is 0. The van der Waals surface area contributed by atoms with Gasteiger partial charge >= 0.3 is 11.9 Å². The highest BCUT2D eigenvalue weighted by molar-refractivity contribution is 6.08. The molecule has 0 aliphatic rings. The smallest absolute Gasteiger partial charge is 0.338 e. The van der Waals surface area contributed by atoms with Gasteiger partial charge in [-0.25, -0.2) is 14.0 Å². The van der Waals surface area contributed by atoms with Crippen LogP contribution < -0.4 is 9.47 Å². The number of esters is 2. The molecule has 0 N–H and O–H groups in total. The topological polar surface area (TPSA) is 52.6 Å². The van der Waals surface area contributed by atoms with Crippen molar-refractivity contribution in [3.8, 4) is 11.5 Å². The second-order valence-electron chi connectivity index (χ2n) is 5.74. The second kappa shape index (κ2) is 6.80. The van der Waals surface area contributed by atoms with Crippen molar-refractivity contribution in [3.05, 3.63) is 73.1 Å². The maximum Gasteiger partial charge on any atom is 0.338 e. The van der Waals surface area contributed by atoms with Gasteiger partial charge in [-0.3, -0.25) is 0 Å². The summed E-state index contributed by atoms with van der Waals surface area (Å²) in [5.41, 5.74) is 0.255. The quantitative estimate of drug-likeness (QED) is 0.296. The van der Waals surface area contributed by atoms with Crippen molar-refractivity contribution in [3.63, 3.8) is 0 Å². The molecule has 0 amide bonds. The average Bonchev–Trinajstić information content (AvgIpc) is 2.61. The van der Waals surface area contributed by atoms with E-state index in [1.54, 1.807) is 30.3 Å². The Labute approximate surface area is 149 Å². The molecule has 0 fully saturated rings. The molecule has 0 unspecified atom stereocenters. The highest BCUT2D eigenvalue weighted by Gasteiger charge is 2.12. The molecule has 5 heteroatoms. The van der Waals surface area contributed by atoms with E-state index in [2.05, 4.69) is 13.2 Å². The molecule has 4 nitrogen and oxygen atoms in total. The zero-order valence-electron chi connectivity index (χ0n) is 14.0. The number of halogens is 1. The predicted molar refractivity (Wildman–Crippen MR) is 97.7 cm³/mol. The Balaban J connectivity index is 2.08. The van der Waals surface area contributed by atoms with Crippen LogP contribution in [0.5, 0.6) is 11.5 Å². The second-order valence-corrected chi connectivity index (χ2v) is 5.74. The van der Waals surface area contributed by atoms with E-state index in [4.69, 9.17) is 9.47 Å². The van der Waals surface area contributed by atoms with E-state index in [9.17, 15) is 14.0 Å². The van der Waals surface area contributed by atoms with Crippen LogP contribution in [0.1, 0.15) is 6.92 Å². The summed E-state index contributed by atoms with van der Waals surface area (Å²) in [5.74, 6) is -1.10. The lowest BCUT2D eigenvalue weighted by molar-refractivity contribution is -0.130. The zero-order chi connectivity index (χ0) is 18.8. The molecule has 3 aromatic rings. The lowest BCUT2D eigenvalue weighted by Crippen LogP contribution is -2.08. The largest absolute Gasteiger partial charge is 0.423 e. The highest BCUT2D eigenvalue weighted by atomic mass is 19.1. The molecular formula is C21H15FO4. The average molecular weight is 350 g/mol. The number of benzene rings is 3. The standard InChI is InChI=1S/C21H15FO4/c1-4-20(23)25-14-5-7-16-13(9-14)10-19(22)18-11-15(6-8-17(16)18)26-21(24)12(2)3/h4-11H,1-2H2,3H3. The first-order chi connectivity index (χ1) is 12.4. The Bertz CT molecular complexity index is 1080. The third kappa shape index (κ3) is 3.32. The van der Waals surface area contributed by atoms with Gasteiger partial charge in [0, 0.05) is 17.0 Å². The summed E-state index contributed by atoms with van der Waals surface area (Å²) in [4.78, 5) is 22.9. The Kier molecular flexibility index (Phi) is 4.54. The number of carbonyl (C=O) groups excluding carboxylic acids is 2. The molecule has 0 spiro atoms. The van der Waals surface area contributed by atoms with Crippen molar-refractivity contribution in [1.29, 1.82) is 0 Å². The third-order valence-corrected chi connectivity index (χ3v) is 3.79. The van der Waals surface area contributed by atoms with Crippen LogP contribution in [0.2, 0.25) is 0 Å². The fourth-order valence-electron chi connectivity index (χ4n) is 2.55. The lowest BCUT2D eigenvalue weighted by Gasteiger charge is -2.10. The van der Waals surface area contributed by atoms with E-state index >= 15 is 0 Å². The van der Waals surface area contributed by atoms with E-state index in [0.29, 0.717) is 21.9 Å². The van der Waals surface area contributed by atoms with Crippen molar-refractivity contribution in [2.75, 3.05) is 0 Å². The first-order valence-corrected chi connectivity index (χ1v) is 7.77. The Morgan fingerprint density at radius 3 is 2.27 bits per heavy atom. The van der Waals surface area contributed by atoms with Gasteiger partial charge in [0.25, 0.3) is 0 Å². The molecule has 0 aliphatic carbocycles. The molecule has 3 aromatic carbocycles. The summed E-state index contributed by atoms with van der Waals surface area (Å²) in [6.07, 6.45) is 1.05. The Hall–Kier alpha value is -3.47. The zero-order valence-corrected chi connectivity index (χ0v) is 14.0. The highest BCUT2D eigenvalue weighted by Crippen LogP contribution is 2.32. The molecule has 0 saturated heterocycles. The van der Waals surface area contributed by atoms with Crippen molar-refractivity contribution in [2.45, 2.75) is 6.92 Å². The molecule has 0 atom stereocenters. The van der Waals surface area contributed by atoms with Crippen molar-refractivity contribution in [2.24, 2.45) is 0 Å². The van der Waals surface area contributed by atoms with Crippen LogP contribution in [0.3, 0.4) is 0 Å². The van der Waals surface area contributed by atoms with E-state index in [-0.39, 0.29) is 11.3 Å². The molecule has 26 heavy (non-hydrogen) atoms. The van der Waals surface area contributed by atoms with E-state index in [1.165, 1.54) is 19.1 Å². The molecular weight excluding hydrogens is 335 g/mol. The van der Waals surface area contributed by atoms with Crippen LogP contribution >= 0.6 is 0 Å². The van der Waals surface area contributed by atoms with Crippen LogP contribution in [-0.2, 0) is 9.59 Å². The minimum atomic E-state index is -0.588. The Morgan fingerprint density at radius 2 is 1.62 bits per heavy atom. The first kappa shape index (κ1) is 17.4. The van der Waals surface area contributed by atoms with Gasteiger partial charge in [-0.2, -0.15) is 0 Å². The molecule has 3 rings (SSSR count). The summed E-state index contributed by atoms with van der Waals surface area (Å²) in [5, 5.41) is 2.32. The summed E-state index contributed by atoms with van der Waals surface area (Å²) in [6.45, 7) is 8.39. The van der Waals surface area contributed by atoms with Gasteiger partial charge < -0.3 is 9.47 Å². The number of carbonyl (C=O) groups is 2. The maximum absolute atomic E-state index is 14.6.